The van der Waals surface area contributed by atoms with Crippen molar-refractivity contribution >= 4 is 11.9 Å². The van der Waals surface area contributed by atoms with Gasteiger partial charge in [0.15, 0.2) is 5.41 Å². The quantitative estimate of drug-likeness (QED) is 0.451. The first-order valence-corrected chi connectivity index (χ1v) is 5.25. The van der Waals surface area contributed by atoms with Crippen LogP contribution in [0.15, 0.2) is 0 Å². The normalized spacial score (nSPS) is 28.4. The van der Waals surface area contributed by atoms with Gasteiger partial charge in [-0.25, -0.2) is 0 Å². The minimum Gasteiger partial charge on any atom is -0.422 e. The van der Waals surface area contributed by atoms with Crippen molar-refractivity contribution in [1.29, 1.82) is 0 Å². The third-order valence-electron chi connectivity index (χ3n) is 2.96. The predicted molar refractivity (Wildman–Crippen MR) is 51.5 cm³/mol. The molecule has 2 aliphatic rings. The zero-order valence-electron chi connectivity index (χ0n) is 9.04. The van der Waals surface area contributed by atoms with Crippen molar-refractivity contribution in [2.24, 2.45) is 5.41 Å². The molecule has 2 fully saturated rings. The fourth-order valence-electron chi connectivity index (χ4n) is 2.12. The maximum atomic E-state index is 11.9. The van der Waals surface area contributed by atoms with Gasteiger partial charge in [-0.3, -0.25) is 9.59 Å². The van der Waals surface area contributed by atoms with Gasteiger partial charge in [0.25, 0.3) is 5.79 Å². The Labute approximate surface area is 88.9 Å². The summed E-state index contributed by atoms with van der Waals surface area (Å²) in [6, 6.07) is 0. The molecule has 1 saturated carbocycles. The Morgan fingerprint density at radius 3 is 2.27 bits per heavy atom. The van der Waals surface area contributed by atoms with Crippen LogP contribution >= 0.6 is 0 Å². The molecule has 15 heavy (non-hydrogen) atoms. The van der Waals surface area contributed by atoms with E-state index in [0.29, 0.717) is 12.8 Å². The Hall–Kier alpha value is -1.06. The molecule has 1 heterocycles. The molecule has 0 amide bonds. The van der Waals surface area contributed by atoms with E-state index in [1.807, 2.05) is 6.42 Å². The third-order valence-corrected chi connectivity index (χ3v) is 2.96. The van der Waals surface area contributed by atoms with E-state index in [9.17, 15) is 9.59 Å². The average molecular weight is 211 g/mol. The van der Waals surface area contributed by atoms with Crippen LogP contribution in [0.2, 0.25) is 0 Å². The van der Waals surface area contributed by atoms with E-state index >= 15 is 0 Å². The Kier molecular flexibility index (Phi) is 2.24. The Morgan fingerprint density at radius 1 is 1.20 bits per heavy atom. The van der Waals surface area contributed by atoms with Crippen molar-refractivity contribution in [3.63, 3.8) is 0 Å². The molecule has 0 atom stereocenters. The second kappa shape index (κ2) is 3.22. The number of cyclic esters (lactones) is 2. The first-order valence-electron chi connectivity index (χ1n) is 5.25. The van der Waals surface area contributed by atoms with Crippen LogP contribution in [0, 0.1) is 11.8 Å². The molecule has 0 aromatic rings. The highest BCUT2D eigenvalue weighted by Crippen LogP contribution is 2.43. The number of esters is 2. The highest BCUT2D eigenvalue weighted by molar-refractivity contribution is 6.01. The van der Waals surface area contributed by atoms with Gasteiger partial charge in [-0.15, -0.1) is 0 Å². The van der Waals surface area contributed by atoms with Crippen LogP contribution in [0.1, 0.15) is 39.5 Å². The van der Waals surface area contributed by atoms with Gasteiger partial charge in [-0.2, -0.15) is 0 Å². The van der Waals surface area contributed by atoms with Gasteiger partial charge < -0.3 is 9.47 Å². The summed E-state index contributed by atoms with van der Waals surface area (Å²) >= 11 is 0. The standard InChI is InChI=1S/C11H15O4/c1-10(2)14-8(12)11(9(13)15-10)6-4-3-5-7-11/h4H,3,5-7H2,1-2H3. The Morgan fingerprint density at radius 2 is 1.80 bits per heavy atom. The zero-order valence-corrected chi connectivity index (χ0v) is 9.04. The molecule has 83 valence electrons. The maximum absolute atomic E-state index is 11.9. The number of rotatable bonds is 0. The molecular weight excluding hydrogens is 196 g/mol. The summed E-state index contributed by atoms with van der Waals surface area (Å²) in [4.78, 5) is 23.7. The lowest BCUT2D eigenvalue weighted by Crippen LogP contribution is -2.54. The summed E-state index contributed by atoms with van der Waals surface area (Å²) < 4.78 is 10.3. The highest BCUT2D eigenvalue weighted by Gasteiger charge is 2.56. The lowest BCUT2D eigenvalue weighted by molar-refractivity contribution is -0.252. The molecule has 1 saturated heterocycles. The molecule has 4 nitrogen and oxygen atoms in total. The van der Waals surface area contributed by atoms with Crippen LogP contribution in [0.4, 0.5) is 0 Å². The molecule has 0 unspecified atom stereocenters. The number of ether oxygens (including phenoxy) is 2. The number of carbonyl (C=O) groups is 2. The average Bonchev–Trinajstić information content (AvgIpc) is 2.15. The molecule has 4 heteroatoms. The van der Waals surface area contributed by atoms with Crippen molar-refractivity contribution in [2.75, 3.05) is 0 Å². The minimum absolute atomic E-state index is 0.431. The summed E-state index contributed by atoms with van der Waals surface area (Å²) in [5.74, 6) is -1.98. The van der Waals surface area contributed by atoms with Crippen LogP contribution in [0.3, 0.4) is 0 Å². The van der Waals surface area contributed by atoms with Crippen molar-refractivity contribution in [2.45, 2.75) is 45.3 Å². The summed E-state index contributed by atoms with van der Waals surface area (Å²) in [5, 5.41) is 0. The van der Waals surface area contributed by atoms with Crippen molar-refractivity contribution in [3.8, 4) is 0 Å². The third kappa shape index (κ3) is 1.62. The summed E-state index contributed by atoms with van der Waals surface area (Å²) in [5.41, 5.74) is -1.05. The van der Waals surface area contributed by atoms with E-state index in [2.05, 4.69) is 0 Å². The fraction of sp³-hybridized carbons (Fsp3) is 0.727. The van der Waals surface area contributed by atoms with Gasteiger partial charge in [0.1, 0.15) is 0 Å². The van der Waals surface area contributed by atoms with E-state index < -0.39 is 23.1 Å². The van der Waals surface area contributed by atoms with E-state index in [4.69, 9.17) is 9.47 Å². The monoisotopic (exact) mass is 211 g/mol. The SMILES string of the molecule is CC1(C)OC(=O)C2(C[CH]CCC2)C(=O)O1. The van der Waals surface area contributed by atoms with Crippen LogP contribution in [0.25, 0.3) is 0 Å². The topological polar surface area (TPSA) is 52.6 Å². The number of carbonyl (C=O) groups excluding carboxylic acids is 2. The largest absolute Gasteiger partial charge is 0.422 e. The van der Waals surface area contributed by atoms with E-state index in [1.165, 1.54) is 0 Å². The summed E-state index contributed by atoms with van der Waals surface area (Å²) in [6.07, 6.45) is 4.73. The first kappa shape index (κ1) is 10.5. The lowest BCUT2D eigenvalue weighted by Gasteiger charge is -2.41. The molecule has 1 spiro atoms. The molecule has 1 aliphatic heterocycles. The highest BCUT2D eigenvalue weighted by atomic mass is 16.7. The summed E-state index contributed by atoms with van der Waals surface area (Å²) in [6.45, 7) is 3.14. The van der Waals surface area contributed by atoms with Gasteiger partial charge >= 0.3 is 11.9 Å². The van der Waals surface area contributed by atoms with E-state index in [0.717, 1.165) is 12.8 Å². The molecule has 0 N–H and O–H groups in total. The number of hydrogen-bond acceptors (Lipinski definition) is 4. The van der Waals surface area contributed by atoms with Crippen LogP contribution in [0.5, 0.6) is 0 Å². The lowest BCUT2D eigenvalue weighted by atomic mass is 9.73. The fourth-order valence-corrected chi connectivity index (χ4v) is 2.12. The minimum atomic E-state index is -1.11. The van der Waals surface area contributed by atoms with Crippen LogP contribution in [-0.2, 0) is 19.1 Å². The molecule has 0 aromatic carbocycles. The zero-order chi connectivity index (χ0) is 11.1. The van der Waals surface area contributed by atoms with E-state index in [-0.39, 0.29) is 0 Å². The Balaban J connectivity index is 2.25. The van der Waals surface area contributed by atoms with Gasteiger partial charge in [0.2, 0.25) is 0 Å². The molecular formula is C11H15O4. The molecule has 0 bridgehead atoms. The molecule has 1 aliphatic carbocycles. The number of hydrogen-bond donors (Lipinski definition) is 0. The summed E-state index contributed by atoms with van der Waals surface area (Å²) in [7, 11) is 0. The van der Waals surface area contributed by atoms with Crippen molar-refractivity contribution in [1.82, 2.24) is 0 Å². The van der Waals surface area contributed by atoms with E-state index in [1.54, 1.807) is 13.8 Å². The van der Waals surface area contributed by atoms with Crippen LogP contribution in [-0.4, -0.2) is 17.7 Å². The second-order valence-corrected chi connectivity index (χ2v) is 4.65. The van der Waals surface area contributed by atoms with Gasteiger partial charge in [-0.05, 0) is 19.3 Å². The van der Waals surface area contributed by atoms with Crippen molar-refractivity contribution in [3.05, 3.63) is 6.42 Å². The van der Waals surface area contributed by atoms with Gasteiger partial charge in [0.05, 0.1) is 0 Å². The molecule has 0 aromatic heterocycles. The van der Waals surface area contributed by atoms with Crippen molar-refractivity contribution < 1.29 is 19.1 Å². The van der Waals surface area contributed by atoms with Gasteiger partial charge in [-0.1, -0.05) is 12.8 Å². The maximum Gasteiger partial charge on any atom is 0.326 e. The van der Waals surface area contributed by atoms with Crippen LogP contribution < -0.4 is 0 Å². The molecule has 2 rings (SSSR count). The van der Waals surface area contributed by atoms with Gasteiger partial charge in [0, 0.05) is 13.8 Å². The Bertz CT molecular complexity index is 278. The predicted octanol–water partition coefficient (Wildman–Crippen LogP) is 1.59. The smallest absolute Gasteiger partial charge is 0.326 e. The molecule has 1 radical (unpaired) electrons. The first-order chi connectivity index (χ1) is 6.96. The second-order valence-electron chi connectivity index (χ2n) is 4.65.